The predicted molar refractivity (Wildman–Crippen MR) is 167 cm³/mol. The first-order valence-corrected chi connectivity index (χ1v) is 14.0. The Morgan fingerprint density at radius 1 is 0.525 bits per heavy atom. The summed E-state index contributed by atoms with van der Waals surface area (Å²) in [6.45, 7) is 4.71. The van der Waals surface area contributed by atoms with E-state index in [9.17, 15) is 0 Å². The van der Waals surface area contributed by atoms with Crippen LogP contribution in [0.4, 0.5) is 0 Å². The molecule has 0 bridgehead atoms. The summed E-state index contributed by atoms with van der Waals surface area (Å²) in [5.74, 6) is 0. The molecule has 2 aliphatic rings. The van der Waals surface area contributed by atoms with E-state index in [1.807, 2.05) is 0 Å². The molecular weight excluding hydrogens is 482 g/mol. The lowest BCUT2D eigenvalue weighted by molar-refractivity contribution is 0.563. The van der Waals surface area contributed by atoms with Crippen LogP contribution in [-0.2, 0) is 10.8 Å². The molecule has 0 heterocycles. The topological polar surface area (TPSA) is 23.9 Å². The van der Waals surface area contributed by atoms with E-state index in [0.29, 0.717) is 0 Å². The second-order valence-electron chi connectivity index (χ2n) is 11.7. The van der Waals surface area contributed by atoms with Gasteiger partial charge in [-0.1, -0.05) is 135 Å². The van der Waals surface area contributed by atoms with E-state index < -0.39 is 5.41 Å². The van der Waals surface area contributed by atoms with Crippen LogP contribution in [-0.4, -0.2) is 6.21 Å². The van der Waals surface area contributed by atoms with E-state index in [1.54, 1.807) is 0 Å². The molecule has 0 aromatic heterocycles. The van der Waals surface area contributed by atoms with Crippen LogP contribution in [0.3, 0.4) is 0 Å². The summed E-state index contributed by atoms with van der Waals surface area (Å²) in [7, 11) is 0. The van der Waals surface area contributed by atoms with Crippen molar-refractivity contribution in [2.24, 2.45) is 0 Å². The molecule has 8 rings (SSSR count). The third-order valence-corrected chi connectivity index (χ3v) is 9.46. The summed E-state index contributed by atoms with van der Waals surface area (Å²) < 4.78 is 0. The van der Waals surface area contributed by atoms with Crippen molar-refractivity contribution in [2.75, 3.05) is 0 Å². The summed E-state index contributed by atoms with van der Waals surface area (Å²) in [4.78, 5) is 0. The van der Waals surface area contributed by atoms with Crippen molar-refractivity contribution in [3.05, 3.63) is 166 Å². The molecule has 1 heteroatoms. The van der Waals surface area contributed by atoms with Gasteiger partial charge in [-0.15, -0.1) is 0 Å². The first kappa shape index (κ1) is 23.2. The molecule has 0 saturated heterocycles. The maximum atomic E-state index is 8.41. The summed E-state index contributed by atoms with van der Waals surface area (Å²) in [6, 6.07) is 46.8. The van der Waals surface area contributed by atoms with E-state index in [4.69, 9.17) is 5.41 Å². The van der Waals surface area contributed by atoms with Gasteiger partial charge < -0.3 is 5.41 Å². The molecule has 40 heavy (non-hydrogen) atoms. The van der Waals surface area contributed by atoms with Crippen LogP contribution in [0.2, 0.25) is 0 Å². The fourth-order valence-corrected chi connectivity index (χ4v) is 7.75. The summed E-state index contributed by atoms with van der Waals surface area (Å²) in [6.07, 6.45) is 1.52. The van der Waals surface area contributed by atoms with Crippen LogP contribution in [0.5, 0.6) is 0 Å². The number of fused-ring (bicyclic) bond motifs is 10. The lowest BCUT2D eigenvalue weighted by Gasteiger charge is -2.46. The number of hydrogen-bond donors (Lipinski definition) is 1. The first-order valence-electron chi connectivity index (χ1n) is 14.0. The van der Waals surface area contributed by atoms with Gasteiger partial charge in [-0.25, -0.2) is 0 Å². The maximum Gasteiger partial charge on any atom is 0.0719 e. The summed E-state index contributed by atoms with van der Waals surface area (Å²) in [5, 5.41) is 10.9. The van der Waals surface area contributed by atoms with Gasteiger partial charge in [-0.3, -0.25) is 0 Å². The highest BCUT2D eigenvalue weighted by Gasteiger charge is 2.53. The van der Waals surface area contributed by atoms with Gasteiger partial charge in [0.05, 0.1) is 5.41 Å². The molecule has 0 fully saturated rings. The molecule has 0 unspecified atom stereocenters. The largest absolute Gasteiger partial charge is 0.308 e. The van der Waals surface area contributed by atoms with Crippen molar-refractivity contribution in [3.63, 3.8) is 0 Å². The Hall–Kier alpha value is -4.75. The third-order valence-electron chi connectivity index (χ3n) is 9.46. The lowest BCUT2D eigenvalue weighted by Crippen LogP contribution is -2.40. The van der Waals surface area contributed by atoms with Crippen molar-refractivity contribution in [1.82, 2.24) is 0 Å². The summed E-state index contributed by atoms with van der Waals surface area (Å²) in [5.41, 5.74) is 13.2. The molecular formula is C39H29N. The fourth-order valence-electron chi connectivity index (χ4n) is 7.75. The molecule has 0 radical (unpaired) electrons. The van der Waals surface area contributed by atoms with E-state index in [0.717, 1.165) is 5.56 Å². The average Bonchev–Trinajstić information content (AvgIpc) is 3.30. The molecule has 0 saturated carbocycles. The molecule has 1 nitrogen and oxygen atoms in total. The van der Waals surface area contributed by atoms with Crippen LogP contribution in [0.1, 0.15) is 52.8 Å². The van der Waals surface area contributed by atoms with E-state index in [1.165, 1.54) is 72.6 Å². The monoisotopic (exact) mass is 511 g/mol. The number of nitrogens with one attached hydrogen (secondary N) is 1. The van der Waals surface area contributed by atoms with Gasteiger partial charge in [0.25, 0.3) is 0 Å². The normalized spacial score (nSPS) is 15.2. The highest BCUT2D eigenvalue weighted by atomic mass is 14.5. The van der Waals surface area contributed by atoms with Gasteiger partial charge in [-0.2, -0.15) is 0 Å². The number of rotatable bonds is 2. The smallest absolute Gasteiger partial charge is 0.0719 e. The fraction of sp³-hybridized carbons (Fsp3) is 0.103. The Labute approximate surface area is 235 Å². The van der Waals surface area contributed by atoms with Crippen LogP contribution < -0.4 is 0 Å². The minimum Gasteiger partial charge on any atom is -0.308 e. The molecule has 0 aliphatic heterocycles. The van der Waals surface area contributed by atoms with E-state index >= 15 is 0 Å². The minimum atomic E-state index is -0.441. The highest BCUT2D eigenvalue weighted by molar-refractivity contribution is 6.01. The maximum absolute atomic E-state index is 8.41. The standard InChI is InChI=1S/C39H29N/c1-38(2)32-16-5-7-18-34(32)39(35-19-8-6-17-33(35)38)31-22-21-26(29-15-9-12-25-11-3-4-14-28(25)29)23-30(31)37-27(24-40)13-10-20-36(37)39/h3-24,40H,1-2H3. The lowest BCUT2D eigenvalue weighted by atomic mass is 9.55. The second kappa shape index (κ2) is 8.13. The molecule has 1 spiro atoms. The Morgan fingerprint density at radius 2 is 1.12 bits per heavy atom. The van der Waals surface area contributed by atoms with Crippen molar-refractivity contribution in [1.29, 1.82) is 5.41 Å². The minimum absolute atomic E-state index is 0.122. The Balaban J connectivity index is 1.52. The highest BCUT2D eigenvalue weighted by Crippen LogP contribution is 2.62. The zero-order valence-corrected chi connectivity index (χ0v) is 22.7. The van der Waals surface area contributed by atoms with Crippen molar-refractivity contribution in [2.45, 2.75) is 24.7 Å². The van der Waals surface area contributed by atoms with Crippen molar-refractivity contribution >= 4 is 17.0 Å². The van der Waals surface area contributed by atoms with Gasteiger partial charge in [-0.05, 0) is 72.5 Å². The van der Waals surface area contributed by atoms with Crippen LogP contribution in [0, 0.1) is 5.41 Å². The van der Waals surface area contributed by atoms with Crippen LogP contribution in [0.25, 0.3) is 33.0 Å². The third kappa shape index (κ3) is 2.79. The zero-order chi connectivity index (χ0) is 27.1. The predicted octanol–water partition coefficient (Wildman–Crippen LogP) is 9.51. The summed E-state index contributed by atoms with van der Waals surface area (Å²) >= 11 is 0. The van der Waals surface area contributed by atoms with E-state index in [2.05, 4.69) is 141 Å². The first-order chi connectivity index (χ1) is 19.6. The number of benzene rings is 6. The molecule has 6 aromatic rings. The van der Waals surface area contributed by atoms with Crippen LogP contribution >= 0.6 is 0 Å². The van der Waals surface area contributed by atoms with Gasteiger partial charge >= 0.3 is 0 Å². The average molecular weight is 512 g/mol. The molecule has 1 N–H and O–H groups in total. The molecule has 190 valence electrons. The zero-order valence-electron chi connectivity index (χ0n) is 22.7. The van der Waals surface area contributed by atoms with Crippen LogP contribution in [0.15, 0.2) is 127 Å². The van der Waals surface area contributed by atoms with Gasteiger partial charge in [0.15, 0.2) is 0 Å². The SMILES string of the molecule is CC1(C)c2ccccc2C2(c3ccc(-c4cccc5ccccc45)cc3-c3c(C=N)cccc32)c2ccccc21. The molecule has 0 atom stereocenters. The Morgan fingerprint density at radius 3 is 1.85 bits per heavy atom. The van der Waals surface area contributed by atoms with Crippen molar-refractivity contribution in [3.8, 4) is 22.3 Å². The van der Waals surface area contributed by atoms with Gasteiger partial charge in [0.1, 0.15) is 0 Å². The molecule has 0 amide bonds. The Kier molecular flexibility index (Phi) is 4.71. The second-order valence-corrected chi connectivity index (χ2v) is 11.7. The Bertz CT molecular complexity index is 1950. The number of hydrogen-bond acceptors (Lipinski definition) is 1. The quantitative estimate of drug-likeness (QED) is 0.224. The molecule has 2 aliphatic carbocycles. The van der Waals surface area contributed by atoms with Crippen molar-refractivity contribution < 1.29 is 0 Å². The molecule has 6 aromatic carbocycles. The van der Waals surface area contributed by atoms with E-state index in [-0.39, 0.29) is 5.41 Å². The van der Waals surface area contributed by atoms with Gasteiger partial charge in [0.2, 0.25) is 0 Å². The van der Waals surface area contributed by atoms with Gasteiger partial charge in [0, 0.05) is 17.2 Å².